The first-order valence-electron chi connectivity index (χ1n) is 10.9. The molecule has 0 aromatic heterocycles. The summed E-state index contributed by atoms with van der Waals surface area (Å²) in [7, 11) is 0. The third-order valence-corrected chi connectivity index (χ3v) is 6.07. The Bertz CT molecular complexity index is 598. The molecule has 1 fully saturated rings. The third kappa shape index (κ3) is 4.69. The molecule has 2 aliphatic rings. The first-order valence-corrected chi connectivity index (χ1v) is 10.9. The van der Waals surface area contributed by atoms with E-state index >= 15 is 0 Å². The minimum Gasteiger partial charge on any atom is -0.493 e. The SMILES string of the molecule is CCCCOc1ccc(C2=CCCCC2)c(CCF)c1C1CCCCC1. The molecule has 26 heavy (non-hydrogen) atoms. The van der Waals surface area contributed by atoms with Crippen LogP contribution < -0.4 is 4.74 Å². The van der Waals surface area contributed by atoms with Gasteiger partial charge >= 0.3 is 0 Å². The van der Waals surface area contributed by atoms with Crippen LogP contribution in [0, 0.1) is 0 Å². The van der Waals surface area contributed by atoms with Gasteiger partial charge in [0.25, 0.3) is 0 Å². The highest BCUT2D eigenvalue weighted by molar-refractivity contribution is 5.71. The van der Waals surface area contributed by atoms with Crippen molar-refractivity contribution in [2.24, 2.45) is 0 Å². The number of allylic oxidation sites excluding steroid dienone is 2. The van der Waals surface area contributed by atoms with Crippen LogP contribution in [0.15, 0.2) is 18.2 Å². The van der Waals surface area contributed by atoms with Crippen molar-refractivity contribution in [3.8, 4) is 5.75 Å². The fourth-order valence-electron chi connectivity index (χ4n) is 4.68. The lowest BCUT2D eigenvalue weighted by Crippen LogP contribution is -2.13. The van der Waals surface area contributed by atoms with Gasteiger partial charge in [-0.3, -0.25) is 4.39 Å². The Morgan fingerprint density at radius 2 is 1.92 bits per heavy atom. The van der Waals surface area contributed by atoms with Crippen molar-refractivity contribution in [1.82, 2.24) is 0 Å². The van der Waals surface area contributed by atoms with Crippen molar-refractivity contribution in [3.05, 3.63) is 34.9 Å². The van der Waals surface area contributed by atoms with Gasteiger partial charge in [-0.05, 0) is 73.6 Å². The van der Waals surface area contributed by atoms with Gasteiger partial charge in [0.1, 0.15) is 5.75 Å². The molecular formula is C24H35FO. The molecule has 3 rings (SSSR count). The van der Waals surface area contributed by atoms with E-state index in [9.17, 15) is 4.39 Å². The molecule has 1 aromatic rings. The van der Waals surface area contributed by atoms with Gasteiger partial charge < -0.3 is 4.74 Å². The highest BCUT2D eigenvalue weighted by Crippen LogP contribution is 2.43. The van der Waals surface area contributed by atoms with E-state index in [0.717, 1.165) is 38.0 Å². The van der Waals surface area contributed by atoms with E-state index in [-0.39, 0.29) is 6.67 Å². The summed E-state index contributed by atoms with van der Waals surface area (Å²) in [5, 5.41) is 0. The van der Waals surface area contributed by atoms with Crippen molar-refractivity contribution in [1.29, 1.82) is 0 Å². The summed E-state index contributed by atoms with van der Waals surface area (Å²) in [5.41, 5.74) is 5.35. The molecule has 0 bridgehead atoms. The predicted octanol–water partition coefficient (Wildman–Crippen LogP) is 7.38. The standard InChI is InChI=1S/C24H35FO/c1-2-3-18-26-23-15-14-21(19-10-6-4-7-11-19)22(16-17-25)24(23)20-12-8-5-9-13-20/h10,14-15,20H,2-9,11-13,16-18H2,1H3. The van der Waals surface area contributed by atoms with Crippen LogP contribution in [0.25, 0.3) is 5.57 Å². The second-order valence-electron chi connectivity index (χ2n) is 7.95. The second kappa shape index (κ2) is 10.1. The molecular weight excluding hydrogens is 323 g/mol. The topological polar surface area (TPSA) is 9.23 Å². The van der Waals surface area contributed by atoms with E-state index in [1.807, 2.05) is 0 Å². The zero-order valence-electron chi connectivity index (χ0n) is 16.5. The number of alkyl halides is 1. The average Bonchev–Trinajstić information content (AvgIpc) is 2.70. The normalized spacial score (nSPS) is 18.6. The molecule has 0 aliphatic heterocycles. The summed E-state index contributed by atoms with van der Waals surface area (Å²) in [4.78, 5) is 0. The van der Waals surface area contributed by atoms with Crippen molar-refractivity contribution in [3.63, 3.8) is 0 Å². The van der Waals surface area contributed by atoms with Gasteiger partial charge in [0.05, 0.1) is 13.3 Å². The molecule has 0 N–H and O–H groups in total. The number of benzene rings is 1. The highest BCUT2D eigenvalue weighted by atomic mass is 19.1. The van der Waals surface area contributed by atoms with Gasteiger partial charge in [-0.2, -0.15) is 0 Å². The Balaban J connectivity index is 2.01. The quantitative estimate of drug-likeness (QED) is 0.440. The third-order valence-electron chi connectivity index (χ3n) is 6.07. The first-order chi connectivity index (χ1) is 12.8. The maximum absolute atomic E-state index is 13.6. The van der Waals surface area contributed by atoms with Crippen LogP contribution in [0.3, 0.4) is 0 Å². The molecule has 0 radical (unpaired) electrons. The van der Waals surface area contributed by atoms with E-state index < -0.39 is 0 Å². The largest absolute Gasteiger partial charge is 0.493 e. The summed E-state index contributed by atoms with van der Waals surface area (Å²) in [6.07, 6.45) is 16.4. The fourth-order valence-corrected chi connectivity index (χ4v) is 4.68. The van der Waals surface area contributed by atoms with Crippen molar-refractivity contribution < 1.29 is 9.13 Å². The molecule has 1 nitrogen and oxygen atoms in total. The van der Waals surface area contributed by atoms with Crippen LogP contribution in [0.4, 0.5) is 4.39 Å². The molecule has 1 aromatic carbocycles. The Hall–Kier alpha value is -1.31. The molecule has 0 atom stereocenters. The highest BCUT2D eigenvalue weighted by Gasteiger charge is 2.25. The van der Waals surface area contributed by atoms with E-state index in [1.54, 1.807) is 0 Å². The maximum atomic E-state index is 13.6. The van der Waals surface area contributed by atoms with Gasteiger partial charge in [0.15, 0.2) is 0 Å². The summed E-state index contributed by atoms with van der Waals surface area (Å²) in [5.74, 6) is 1.58. The van der Waals surface area contributed by atoms with E-state index in [0.29, 0.717) is 12.3 Å². The maximum Gasteiger partial charge on any atom is 0.123 e. The van der Waals surface area contributed by atoms with Crippen LogP contribution in [0.1, 0.15) is 100 Å². The number of unbranched alkanes of at least 4 members (excludes halogenated alkanes) is 1. The van der Waals surface area contributed by atoms with Crippen molar-refractivity contribution in [2.45, 2.75) is 89.9 Å². The summed E-state index contributed by atoms with van der Waals surface area (Å²) in [6, 6.07) is 4.40. The van der Waals surface area contributed by atoms with Crippen LogP contribution >= 0.6 is 0 Å². The Morgan fingerprint density at radius 3 is 2.62 bits per heavy atom. The zero-order chi connectivity index (χ0) is 18.2. The molecule has 2 heteroatoms. The first kappa shape index (κ1) is 19.5. The van der Waals surface area contributed by atoms with Crippen LogP contribution in [0.5, 0.6) is 5.75 Å². The molecule has 1 saturated carbocycles. The minimum atomic E-state index is -0.279. The number of ether oxygens (including phenoxy) is 1. The van der Waals surface area contributed by atoms with Crippen LogP contribution in [-0.2, 0) is 6.42 Å². The lowest BCUT2D eigenvalue weighted by Gasteiger charge is -2.29. The number of hydrogen-bond donors (Lipinski definition) is 0. The molecule has 0 saturated heterocycles. The number of hydrogen-bond acceptors (Lipinski definition) is 1. The van der Waals surface area contributed by atoms with Gasteiger partial charge in [-0.1, -0.05) is 44.7 Å². The van der Waals surface area contributed by atoms with E-state index in [4.69, 9.17) is 4.74 Å². The fraction of sp³-hybridized carbons (Fsp3) is 0.667. The summed E-state index contributed by atoms with van der Waals surface area (Å²) < 4.78 is 19.8. The molecule has 0 amide bonds. The molecule has 144 valence electrons. The van der Waals surface area contributed by atoms with Gasteiger partial charge in [0.2, 0.25) is 0 Å². The van der Waals surface area contributed by atoms with Crippen LogP contribution in [0.2, 0.25) is 0 Å². The lowest BCUT2D eigenvalue weighted by atomic mass is 9.78. The van der Waals surface area contributed by atoms with Crippen molar-refractivity contribution in [2.75, 3.05) is 13.3 Å². The molecule has 0 unspecified atom stereocenters. The molecule has 0 heterocycles. The van der Waals surface area contributed by atoms with Gasteiger partial charge in [-0.25, -0.2) is 0 Å². The smallest absolute Gasteiger partial charge is 0.123 e. The lowest BCUT2D eigenvalue weighted by molar-refractivity contribution is 0.299. The zero-order valence-corrected chi connectivity index (χ0v) is 16.5. The second-order valence-corrected chi connectivity index (χ2v) is 7.95. The van der Waals surface area contributed by atoms with E-state index in [2.05, 4.69) is 25.1 Å². The Kier molecular flexibility index (Phi) is 7.58. The van der Waals surface area contributed by atoms with E-state index in [1.165, 1.54) is 67.2 Å². The van der Waals surface area contributed by atoms with Crippen molar-refractivity contribution >= 4 is 5.57 Å². The Morgan fingerprint density at radius 1 is 1.08 bits per heavy atom. The molecule has 2 aliphatic carbocycles. The van der Waals surface area contributed by atoms with Crippen LogP contribution in [-0.4, -0.2) is 13.3 Å². The number of rotatable bonds is 8. The van der Waals surface area contributed by atoms with Gasteiger partial charge in [0, 0.05) is 12.0 Å². The predicted molar refractivity (Wildman–Crippen MR) is 109 cm³/mol. The Labute approximate surface area is 159 Å². The number of halogens is 1. The summed E-state index contributed by atoms with van der Waals surface area (Å²) >= 11 is 0. The monoisotopic (exact) mass is 358 g/mol. The average molecular weight is 359 g/mol. The molecule has 0 spiro atoms. The van der Waals surface area contributed by atoms with Gasteiger partial charge in [-0.15, -0.1) is 0 Å². The summed E-state index contributed by atoms with van der Waals surface area (Å²) in [6.45, 7) is 2.68. The minimum absolute atomic E-state index is 0.279.